The zero-order valence-electron chi connectivity index (χ0n) is 10.8. The number of aromatic nitrogens is 2. The van der Waals surface area contributed by atoms with Crippen molar-refractivity contribution in [1.29, 1.82) is 0 Å². The molecule has 0 aliphatic heterocycles. The van der Waals surface area contributed by atoms with Gasteiger partial charge in [-0.1, -0.05) is 32.9 Å². The lowest BCUT2D eigenvalue weighted by atomic mass is 9.93. The number of nitrogen functional groups attached to an aromatic ring is 1. The van der Waals surface area contributed by atoms with Gasteiger partial charge in [-0.05, 0) is 18.6 Å². The standard InChI is InChI=1S/C14H19N3/c1-9-5-6-10(7-11(9)15)13-16-8-12(17-13)14(2,3)4/h5-8H,15H2,1-4H3,(H,16,17). The van der Waals surface area contributed by atoms with Crippen LogP contribution in [-0.4, -0.2) is 9.97 Å². The second-order valence-electron chi connectivity index (χ2n) is 5.47. The number of aromatic amines is 1. The van der Waals surface area contributed by atoms with Gasteiger partial charge in [-0.25, -0.2) is 4.98 Å². The van der Waals surface area contributed by atoms with E-state index in [2.05, 4.69) is 30.7 Å². The number of nitrogens with one attached hydrogen (secondary N) is 1. The molecule has 2 aromatic rings. The maximum atomic E-state index is 5.91. The van der Waals surface area contributed by atoms with Gasteiger partial charge in [-0.15, -0.1) is 0 Å². The molecule has 0 bridgehead atoms. The molecule has 90 valence electrons. The second kappa shape index (κ2) is 3.91. The number of H-pyrrole nitrogens is 1. The van der Waals surface area contributed by atoms with Crippen LogP contribution in [0.4, 0.5) is 5.69 Å². The van der Waals surface area contributed by atoms with Crippen molar-refractivity contribution in [2.24, 2.45) is 0 Å². The fraction of sp³-hybridized carbons (Fsp3) is 0.357. The maximum absolute atomic E-state index is 5.91. The summed E-state index contributed by atoms with van der Waals surface area (Å²) in [7, 11) is 0. The van der Waals surface area contributed by atoms with Crippen LogP contribution in [0.3, 0.4) is 0 Å². The van der Waals surface area contributed by atoms with Crippen molar-refractivity contribution < 1.29 is 0 Å². The van der Waals surface area contributed by atoms with Crippen LogP contribution in [0.25, 0.3) is 11.4 Å². The first-order valence-corrected chi connectivity index (χ1v) is 5.80. The highest BCUT2D eigenvalue weighted by Crippen LogP contribution is 2.25. The minimum atomic E-state index is 0.0848. The lowest BCUT2D eigenvalue weighted by Gasteiger charge is -2.15. The molecule has 17 heavy (non-hydrogen) atoms. The Hall–Kier alpha value is -1.77. The van der Waals surface area contributed by atoms with Crippen LogP contribution in [0.1, 0.15) is 32.0 Å². The highest BCUT2D eigenvalue weighted by atomic mass is 14.9. The lowest BCUT2D eigenvalue weighted by Crippen LogP contribution is -2.11. The first-order valence-electron chi connectivity index (χ1n) is 5.80. The van der Waals surface area contributed by atoms with E-state index in [-0.39, 0.29) is 5.41 Å². The number of rotatable bonds is 1. The first kappa shape index (κ1) is 11.7. The van der Waals surface area contributed by atoms with E-state index in [9.17, 15) is 0 Å². The second-order valence-corrected chi connectivity index (χ2v) is 5.47. The van der Waals surface area contributed by atoms with Gasteiger partial charge in [0.15, 0.2) is 0 Å². The molecular weight excluding hydrogens is 210 g/mol. The van der Waals surface area contributed by atoms with E-state index >= 15 is 0 Å². The Bertz CT molecular complexity index is 533. The summed E-state index contributed by atoms with van der Waals surface area (Å²) in [5, 5.41) is 0. The molecule has 0 fully saturated rings. The molecule has 3 N–H and O–H groups in total. The molecule has 2 rings (SSSR count). The predicted octanol–water partition coefficient (Wildman–Crippen LogP) is 3.26. The minimum Gasteiger partial charge on any atom is -0.398 e. The van der Waals surface area contributed by atoms with E-state index in [0.29, 0.717) is 0 Å². The van der Waals surface area contributed by atoms with E-state index in [1.165, 1.54) is 0 Å². The molecule has 1 heterocycles. The predicted molar refractivity (Wildman–Crippen MR) is 71.9 cm³/mol. The van der Waals surface area contributed by atoms with Crippen LogP contribution in [-0.2, 0) is 5.41 Å². The summed E-state index contributed by atoms with van der Waals surface area (Å²) < 4.78 is 0. The van der Waals surface area contributed by atoms with E-state index in [0.717, 1.165) is 28.3 Å². The van der Waals surface area contributed by atoms with Crippen molar-refractivity contribution in [3.05, 3.63) is 35.7 Å². The quantitative estimate of drug-likeness (QED) is 0.737. The molecule has 0 aliphatic carbocycles. The Balaban J connectivity index is 2.40. The monoisotopic (exact) mass is 229 g/mol. The number of nitrogens with zero attached hydrogens (tertiary/aromatic N) is 1. The van der Waals surface area contributed by atoms with Gasteiger partial charge in [0.2, 0.25) is 0 Å². The third-order valence-corrected chi connectivity index (χ3v) is 2.94. The lowest BCUT2D eigenvalue weighted by molar-refractivity contribution is 0.573. The molecule has 0 amide bonds. The summed E-state index contributed by atoms with van der Waals surface area (Å²) in [6, 6.07) is 6.02. The molecule has 1 aromatic heterocycles. The van der Waals surface area contributed by atoms with Gasteiger partial charge in [0.25, 0.3) is 0 Å². The number of aryl methyl sites for hydroxylation is 1. The van der Waals surface area contributed by atoms with E-state index in [1.54, 1.807) is 0 Å². The van der Waals surface area contributed by atoms with E-state index < -0.39 is 0 Å². The van der Waals surface area contributed by atoms with Gasteiger partial charge in [-0.2, -0.15) is 0 Å². The summed E-state index contributed by atoms with van der Waals surface area (Å²) in [5.41, 5.74) is 10.1. The number of hydrogen-bond acceptors (Lipinski definition) is 2. The molecule has 1 aromatic carbocycles. The van der Waals surface area contributed by atoms with Crippen molar-refractivity contribution in [2.45, 2.75) is 33.1 Å². The van der Waals surface area contributed by atoms with Crippen molar-refractivity contribution in [3.8, 4) is 11.4 Å². The number of anilines is 1. The molecule has 0 atom stereocenters. The van der Waals surface area contributed by atoms with E-state index in [1.807, 2.05) is 31.3 Å². The third-order valence-electron chi connectivity index (χ3n) is 2.94. The smallest absolute Gasteiger partial charge is 0.137 e. The van der Waals surface area contributed by atoms with E-state index in [4.69, 9.17) is 5.73 Å². The fourth-order valence-corrected chi connectivity index (χ4v) is 1.64. The van der Waals surface area contributed by atoms with Crippen molar-refractivity contribution in [3.63, 3.8) is 0 Å². The van der Waals surface area contributed by atoms with Crippen LogP contribution in [0, 0.1) is 6.92 Å². The number of imidazole rings is 1. The highest BCUT2D eigenvalue weighted by Gasteiger charge is 2.16. The average molecular weight is 229 g/mol. The van der Waals surface area contributed by atoms with Crippen molar-refractivity contribution in [1.82, 2.24) is 9.97 Å². The van der Waals surface area contributed by atoms with Gasteiger partial charge in [0.05, 0.1) is 0 Å². The summed E-state index contributed by atoms with van der Waals surface area (Å²) in [5.74, 6) is 0.877. The fourth-order valence-electron chi connectivity index (χ4n) is 1.64. The van der Waals surface area contributed by atoms with Crippen LogP contribution in [0.5, 0.6) is 0 Å². The Morgan fingerprint density at radius 3 is 2.47 bits per heavy atom. The molecule has 3 nitrogen and oxygen atoms in total. The average Bonchev–Trinajstić information content (AvgIpc) is 2.70. The Morgan fingerprint density at radius 1 is 1.24 bits per heavy atom. The van der Waals surface area contributed by atoms with Crippen LogP contribution < -0.4 is 5.73 Å². The Morgan fingerprint density at radius 2 is 1.94 bits per heavy atom. The molecule has 3 heteroatoms. The van der Waals surface area contributed by atoms with Crippen molar-refractivity contribution in [2.75, 3.05) is 5.73 Å². The SMILES string of the molecule is Cc1ccc(-c2ncc(C(C)(C)C)[nH]2)cc1N. The van der Waals surface area contributed by atoms with Crippen LogP contribution >= 0.6 is 0 Å². The zero-order chi connectivity index (χ0) is 12.6. The molecule has 0 saturated carbocycles. The summed E-state index contributed by atoms with van der Waals surface area (Å²) in [6.45, 7) is 8.48. The zero-order valence-corrected chi connectivity index (χ0v) is 10.8. The van der Waals surface area contributed by atoms with Crippen LogP contribution in [0.2, 0.25) is 0 Å². The maximum Gasteiger partial charge on any atom is 0.137 e. The topological polar surface area (TPSA) is 54.7 Å². The van der Waals surface area contributed by atoms with Gasteiger partial charge < -0.3 is 10.7 Å². The van der Waals surface area contributed by atoms with Gasteiger partial charge in [-0.3, -0.25) is 0 Å². The third kappa shape index (κ3) is 2.33. The number of hydrogen-bond donors (Lipinski definition) is 2. The molecule has 0 saturated heterocycles. The minimum absolute atomic E-state index is 0.0848. The summed E-state index contributed by atoms with van der Waals surface area (Å²) in [6.07, 6.45) is 1.89. The van der Waals surface area contributed by atoms with Crippen molar-refractivity contribution >= 4 is 5.69 Å². The molecular formula is C14H19N3. The molecule has 0 aliphatic rings. The van der Waals surface area contributed by atoms with Gasteiger partial charge in [0.1, 0.15) is 5.82 Å². The number of benzene rings is 1. The molecule has 0 radical (unpaired) electrons. The van der Waals surface area contributed by atoms with Gasteiger partial charge in [0, 0.05) is 28.6 Å². The Kier molecular flexibility index (Phi) is 2.69. The Labute approximate surface area is 102 Å². The number of nitrogens with two attached hydrogens (primary N) is 1. The normalized spacial score (nSPS) is 11.8. The molecule has 0 spiro atoms. The van der Waals surface area contributed by atoms with Crippen LogP contribution in [0.15, 0.2) is 24.4 Å². The van der Waals surface area contributed by atoms with Gasteiger partial charge >= 0.3 is 0 Å². The largest absolute Gasteiger partial charge is 0.398 e. The molecule has 0 unspecified atom stereocenters. The summed E-state index contributed by atoms with van der Waals surface area (Å²) >= 11 is 0. The summed E-state index contributed by atoms with van der Waals surface area (Å²) in [4.78, 5) is 7.76. The first-order chi connectivity index (χ1) is 7.88. The highest BCUT2D eigenvalue weighted by molar-refractivity contribution is 5.63.